The van der Waals surface area contributed by atoms with E-state index in [2.05, 4.69) is 97.7 Å². The van der Waals surface area contributed by atoms with Crippen molar-refractivity contribution in [3.63, 3.8) is 0 Å². The van der Waals surface area contributed by atoms with Crippen LogP contribution in [0.3, 0.4) is 0 Å². The van der Waals surface area contributed by atoms with Crippen LogP contribution in [0.15, 0.2) is 53.7 Å². The first kappa shape index (κ1) is 17.5. The van der Waals surface area contributed by atoms with Gasteiger partial charge in [-0.05, 0) is 68.0 Å². The number of nitrogens with zero attached hydrogens (tertiary/aromatic N) is 3. The van der Waals surface area contributed by atoms with E-state index in [1.807, 2.05) is 6.20 Å². The summed E-state index contributed by atoms with van der Waals surface area (Å²) in [7, 11) is 0. The second kappa shape index (κ2) is 6.34. The van der Waals surface area contributed by atoms with Crippen molar-refractivity contribution < 1.29 is 0 Å². The molecular formula is C22H22IN3. The quantitative estimate of drug-likeness (QED) is 0.474. The molecule has 0 N–H and O–H groups in total. The zero-order valence-corrected chi connectivity index (χ0v) is 17.7. The lowest BCUT2D eigenvalue weighted by Crippen LogP contribution is -2.47. The van der Waals surface area contributed by atoms with Gasteiger partial charge in [-0.1, -0.05) is 30.3 Å². The summed E-state index contributed by atoms with van der Waals surface area (Å²) < 4.78 is 1.26. The number of aryl methyl sites for hydroxylation is 1. The second-order valence-corrected chi connectivity index (χ2v) is 8.37. The van der Waals surface area contributed by atoms with E-state index >= 15 is 0 Å². The van der Waals surface area contributed by atoms with Crippen LogP contribution in [0.4, 0.5) is 5.69 Å². The maximum Gasteiger partial charge on any atom is 0.127 e. The summed E-state index contributed by atoms with van der Waals surface area (Å²) in [5.74, 6) is 0. The SMILES string of the molecule is CCN1c2c(I)cccc2C(c2cnc3c(C)cccc3c2)=NC1(C)C. The van der Waals surface area contributed by atoms with Crippen molar-refractivity contribution in [2.24, 2.45) is 4.99 Å². The molecule has 0 saturated carbocycles. The van der Waals surface area contributed by atoms with Crippen LogP contribution in [-0.2, 0) is 0 Å². The van der Waals surface area contributed by atoms with Crippen LogP contribution in [0.1, 0.15) is 37.5 Å². The average Bonchev–Trinajstić information content (AvgIpc) is 2.61. The Labute approximate surface area is 168 Å². The minimum absolute atomic E-state index is 0.292. The molecule has 0 saturated heterocycles. The molecule has 0 aliphatic carbocycles. The summed E-state index contributed by atoms with van der Waals surface area (Å²) in [6.45, 7) is 9.58. The molecule has 4 rings (SSSR count). The molecule has 3 nitrogen and oxygen atoms in total. The summed E-state index contributed by atoms with van der Waals surface area (Å²) in [6, 6.07) is 15.0. The number of anilines is 1. The van der Waals surface area contributed by atoms with E-state index in [-0.39, 0.29) is 5.66 Å². The molecule has 0 atom stereocenters. The molecule has 0 radical (unpaired) electrons. The largest absolute Gasteiger partial charge is 0.347 e. The summed E-state index contributed by atoms with van der Waals surface area (Å²) in [5, 5.41) is 1.16. The van der Waals surface area contributed by atoms with Gasteiger partial charge in [0.15, 0.2) is 0 Å². The predicted octanol–water partition coefficient (Wildman–Crippen LogP) is 5.56. The maximum absolute atomic E-state index is 5.15. The molecule has 0 unspecified atom stereocenters. The topological polar surface area (TPSA) is 28.5 Å². The van der Waals surface area contributed by atoms with Crippen molar-refractivity contribution in [3.8, 4) is 0 Å². The summed E-state index contributed by atoms with van der Waals surface area (Å²) in [4.78, 5) is 12.3. The lowest BCUT2D eigenvalue weighted by atomic mass is 9.95. The third kappa shape index (κ3) is 2.71. The predicted molar refractivity (Wildman–Crippen MR) is 118 cm³/mol. The van der Waals surface area contributed by atoms with Crippen LogP contribution in [0.25, 0.3) is 10.9 Å². The minimum atomic E-state index is -0.292. The highest BCUT2D eigenvalue weighted by Crippen LogP contribution is 2.38. The first-order chi connectivity index (χ1) is 12.4. The van der Waals surface area contributed by atoms with Crippen molar-refractivity contribution in [2.75, 3.05) is 11.4 Å². The van der Waals surface area contributed by atoms with E-state index in [4.69, 9.17) is 9.98 Å². The minimum Gasteiger partial charge on any atom is -0.347 e. The molecule has 132 valence electrons. The number of para-hydroxylation sites is 2. The molecule has 0 spiro atoms. The highest BCUT2D eigenvalue weighted by molar-refractivity contribution is 14.1. The third-order valence-corrected chi connectivity index (χ3v) is 5.93. The molecule has 1 aromatic heterocycles. The zero-order chi connectivity index (χ0) is 18.5. The molecule has 3 aromatic rings. The van der Waals surface area contributed by atoms with Gasteiger partial charge in [0.25, 0.3) is 0 Å². The van der Waals surface area contributed by atoms with E-state index in [9.17, 15) is 0 Å². The van der Waals surface area contributed by atoms with Gasteiger partial charge in [0.2, 0.25) is 0 Å². The van der Waals surface area contributed by atoms with Crippen molar-refractivity contribution in [3.05, 3.63) is 68.9 Å². The Morgan fingerprint density at radius 1 is 1.12 bits per heavy atom. The Morgan fingerprint density at radius 2 is 1.88 bits per heavy atom. The number of benzene rings is 2. The first-order valence-electron chi connectivity index (χ1n) is 8.94. The van der Waals surface area contributed by atoms with Gasteiger partial charge in [-0.15, -0.1) is 0 Å². The van der Waals surface area contributed by atoms with Crippen LogP contribution in [0.5, 0.6) is 0 Å². The molecule has 26 heavy (non-hydrogen) atoms. The number of aromatic nitrogens is 1. The van der Waals surface area contributed by atoms with Crippen molar-refractivity contribution >= 4 is 44.9 Å². The fraction of sp³-hybridized carbons (Fsp3) is 0.273. The molecule has 0 fully saturated rings. The van der Waals surface area contributed by atoms with Crippen LogP contribution >= 0.6 is 22.6 Å². The van der Waals surface area contributed by atoms with Gasteiger partial charge >= 0.3 is 0 Å². The third-order valence-electron chi connectivity index (χ3n) is 5.06. The average molecular weight is 455 g/mol. The van der Waals surface area contributed by atoms with Gasteiger partial charge in [0.05, 0.1) is 16.9 Å². The monoisotopic (exact) mass is 455 g/mol. The maximum atomic E-state index is 5.15. The van der Waals surface area contributed by atoms with E-state index in [0.29, 0.717) is 0 Å². The lowest BCUT2D eigenvalue weighted by Gasteiger charge is -2.42. The standard InChI is InChI=1S/C22H22IN3/c1-5-26-21-17(10-7-11-18(21)23)20(25-22(26,3)4)16-12-15-9-6-8-14(2)19(15)24-13-16/h6-13H,5H2,1-4H3. The van der Waals surface area contributed by atoms with E-state index in [1.54, 1.807) is 0 Å². The number of pyridine rings is 1. The summed E-state index contributed by atoms with van der Waals surface area (Å²) in [6.07, 6.45) is 1.97. The first-order valence-corrected chi connectivity index (χ1v) is 10.0. The van der Waals surface area contributed by atoms with Crippen LogP contribution in [0.2, 0.25) is 0 Å². The van der Waals surface area contributed by atoms with Crippen molar-refractivity contribution in [1.29, 1.82) is 0 Å². The van der Waals surface area contributed by atoms with E-state index < -0.39 is 0 Å². The zero-order valence-electron chi connectivity index (χ0n) is 15.5. The molecule has 2 aromatic carbocycles. The summed E-state index contributed by atoms with van der Waals surface area (Å²) in [5.41, 5.74) is 6.54. The van der Waals surface area contributed by atoms with Gasteiger partial charge in [-0.2, -0.15) is 0 Å². The van der Waals surface area contributed by atoms with E-state index in [0.717, 1.165) is 28.7 Å². The van der Waals surface area contributed by atoms with Crippen LogP contribution in [-0.4, -0.2) is 22.9 Å². The normalized spacial score (nSPS) is 15.7. The molecule has 2 heterocycles. The highest BCUT2D eigenvalue weighted by Gasteiger charge is 2.34. The van der Waals surface area contributed by atoms with E-state index in [1.165, 1.54) is 20.4 Å². The van der Waals surface area contributed by atoms with Crippen LogP contribution in [0, 0.1) is 10.5 Å². The number of hydrogen-bond donors (Lipinski definition) is 0. The number of halogens is 1. The van der Waals surface area contributed by atoms with Crippen molar-refractivity contribution in [1.82, 2.24) is 4.98 Å². The number of hydrogen-bond acceptors (Lipinski definition) is 3. The van der Waals surface area contributed by atoms with Gasteiger partial charge in [0, 0.05) is 32.8 Å². The molecule has 1 aliphatic rings. The molecule has 4 heteroatoms. The Balaban J connectivity index is 1.97. The molecule has 1 aliphatic heterocycles. The van der Waals surface area contributed by atoms with Crippen molar-refractivity contribution in [2.45, 2.75) is 33.4 Å². The molecule has 0 bridgehead atoms. The Kier molecular flexibility index (Phi) is 4.26. The summed E-state index contributed by atoms with van der Waals surface area (Å²) >= 11 is 2.43. The second-order valence-electron chi connectivity index (χ2n) is 7.21. The van der Waals surface area contributed by atoms with Gasteiger partial charge in [-0.25, -0.2) is 0 Å². The Bertz CT molecular complexity index is 1040. The van der Waals surface area contributed by atoms with Gasteiger partial charge in [-0.3, -0.25) is 9.98 Å². The number of fused-ring (bicyclic) bond motifs is 2. The molecule has 0 amide bonds. The Morgan fingerprint density at radius 3 is 2.65 bits per heavy atom. The fourth-order valence-electron chi connectivity index (χ4n) is 3.86. The fourth-order valence-corrected chi connectivity index (χ4v) is 4.65. The highest BCUT2D eigenvalue weighted by atomic mass is 127. The van der Waals surface area contributed by atoms with Gasteiger partial charge in [0.1, 0.15) is 5.66 Å². The Hall–Kier alpha value is -1.95. The van der Waals surface area contributed by atoms with Crippen LogP contribution < -0.4 is 4.90 Å². The molecular weight excluding hydrogens is 433 g/mol. The smallest absolute Gasteiger partial charge is 0.127 e. The van der Waals surface area contributed by atoms with Gasteiger partial charge < -0.3 is 4.90 Å². The number of aliphatic imine (C=N–C) groups is 1. The number of rotatable bonds is 2. The lowest BCUT2D eigenvalue weighted by molar-refractivity contribution is 0.484.